The van der Waals surface area contributed by atoms with Crippen LogP contribution in [0.15, 0.2) is 18.2 Å². The third-order valence-corrected chi connectivity index (χ3v) is 2.47. The molecule has 1 aromatic carbocycles. The second kappa shape index (κ2) is 5.03. The van der Waals surface area contributed by atoms with Gasteiger partial charge >= 0.3 is 5.97 Å². The first kappa shape index (κ1) is 11.9. The first-order valence-corrected chi connectivity index (χ1v) is 5.18. The fourth-order valence-corrected chi connectivity index (χ4v) is 1.45. The summed E-state index contributed by atoms with van der Waals surface area (Å²) in [6.45, 7) is 3.74. The Morgan fingerprint density at radius 3 is 2.80 bits per heavy atom. The molecule has 0 unspecified atom stereocenters. The van der Waals surface area contributed by atoms with Gasteiger partial charge in [0.25, 0.3) is 0 Å². The van der Waals surface area contributed by atoms with Crippen LogP contribution in [0.5, 0.6) is 0 Å². The summed E-state index contributed by atoms with van der Waals surface area (Å²) in [4.78, 5) is 10.8. The fourth-order valence-electron chi connectivity index (χ4n) is 1.28. The molecule has 0 aliphatic carbocycles. The lowest BCUT2D eigenvalue weighted by molar-refractivity contribution is -0.137. The van der Waals surface area contributed by atoms with E-state index in [4.69, 9.17) is 16.7 Å². The molecule has 0 aliphatic heterocycles. The molecular formula is C11H14ClNO2. The Labute approximate surface area is 94.1 Å². The van der Waals surface area contributed by atoms with Crippen molar-refractivity contribution in [2.45, 2.75) is 26.3 Å². The van der Waals surface area contributed by atoms with Crippen LogP contribution in [0.1, 0.15) is 18.9 Å². The van der Waals surface area contributed by atoms with Gasteiger partial charge in [-0.05, 0) is 31.0 Å². The van der Waals surface area contributed by atoms with E-state index < -0.39 is 12.0 Å². The molecule has 0 spiro atoms. The number of carbonyl (C=O) groups is 1. The first-order chi connectivity index (χ1) is 7.04. The molecule has 0 aromatic heterocycles. The molecule has 0 saturated heterocycles. The van der Waals surface area contributed by atoms with E-state index in [1.54, 1.807) is 12.1 Å². The van der Waals surface area contributed by atoms with Gasteiger partial charge in [-0.25, -0.2) is 4.79 Å². The van der Waals surface area contributed by atoms with Gasteiger partial charge in [-0.3, -0.25) is 0 Å². The molecule has 0 amide bonds. The maximum Gasteiger partial charge on any atom is 0.326 e. The van der Waals surface area contributed by atoms with Gasteiger partial charge in [-0.15, -0.1) is 0 Å². The molecule has 0 bridgehead atoms. The standard InChI is InChI=1S/C11H14ClNO2/c1-3-9(11(14)15)13-10-6-8(12)5-4-7(10)2/h4-6,9,13H,3H2,1-2H3,(H,14,15)/t9-/m0/s1. The van der Waals surface area contributed by atoms with Crippen LogP contribution < -0.4 is 5.32 Å². The maximum absolute atomic E-state index is 10.8. The highest BCUT2D eigenvalue weighted by Crippen LogP contribution is 2.21. The molecule has 0 saturated carbocycles. The molecule has 1 atom stereocenters. The number of nitrogens with one attached hydrogen (secondary N) is 1. The van der Waals surface area contributed by atoms with Crippen molar-refractivity contribution in [1.82, 2.24) is 0 Å². The number of rotatable bonds is 4. The van der Waals surface area contributed by atoms with Crippen molar-refractivity contribution in [3.63, 3.8) is 0 Å². The minimum atomic E-state index is -0.850. The average Bonchev–Trinajstić information content (AvgIpc) is 2.18. The molecule has 82 valence electrons. The monoisotopic (exact) mass is 227 g/mol. The number of aliphatic carboxylic acids is 1. The number of hydrogen-bond acceptors (Lipinski definition) is 2. The van der Waals surface area contributed by atoms with E-state index >= 15 is 0 Å². The van der Waals surface area contributed by atoms with Crippen molar-refractivity contribution in [3.05, 3.63) is 28.8 Å². The van der Waals surface area contributed by atoms with Gasteiger partial charge in [0.05, 0.1) is 0 Å². The van der Waals surface area contributed by atoms with Crippen LogP contribution in [-0.2, 0) is 4.79 Å². The highest BCUT2D eigenvalue weighted by Gasteiger charge is 2.15. The minimum Gasteiger partial charge on any atom is -0.480 e. The maximum atomic E-state index is 10.8. The van der Waals surface area contributed by atoms with Crippen LogP contribution in [0, 0.1) is 6.92 Å². The van der Waals surface area contributed by atoms with Gasteiger partial charge in [0.1, 0.15) is 6.04 Å². The Hall–Kier alpha value is -1.22. The first-order valence-electron chi connectivity index (χ1n) is 4.80. The summed E-state index contributed by atoms with van der Waals surface area (Å²) in [5, 5.41) is 12.5. The van der Waals surface area contributed by atoms with E-state index in [2.05, 4.69) is 5.32 Å². The molecular weight excluding hydrogens is 214 g/mol. The van der Waals surface area contributed by atoms with Crippen molar-refractivity contribution >= 4 is 23.3 Å². The quantitative estimate of drug-likeness (QED) is 0.832. The summed E-state index contributed by atoms with van der Waals surface area (Å²) >= 11 is 5.84. The Kier molecular flexibility index (Phi) is 3.97. The van der Waals surface area contributed by atoms with Crippen LogP contribution in [0.25, 0.3) is 0 Å². The molecule has 4 heteroatoms. The molecule has 0 radical (unpaired) electrons. The topological polar surface area (TPSA) is 49.3 Å². The summed E-state index contributed by atoms with van der Waals surface area (Å²) in [6.07, 6.45) is 0.529. The van der Waals surface area contributed by atoms with E-state index in [1.807, 2.05) is 19.9 Å². The predicted molar refractivity (Wildman–Crippen MR) is 61.5 cm³/mol. The molecule has 15 heavy (non-hydrogen) atoms. The molecule has 3 nitrogen and oxygen atoms in total. The fraction of sp³-hybridized carbons (Fsp3) is 0.364. The van der Waals surface area contributed by atoms with Gasteiger partial charge in [0.2, 0.25) is 0 Å². The summed E-state index contributed by atoms with van der Waals surface area (Å²) in [6, 6.07) is 4.81. The van der Waals surface area contributed by atoms with E-state index in [0.717, 1.165) is 11.3 Å². The number of hydrogen-bond donors (Lipinski definition) is 2. The van der Waals surface area contributed by atoms with E-state index in [1.165, 1.54) is 0 Å². The number of carboxylic acids is 1. The highest BCUT2D eigenvalue weighted by molar-refractivity contribution is 6.30. The lowest BCUT2D eigenvalue weighted by atomic mass is 10.1. The Morgan fingerprint density at radius 1 is 1.60 bits per heavy atom. The Balaban J connectivity index is 2.87. The summed E-state index contributed by atoms with van der Waals surface area (Å²) in [7, 11) is 0. The van der Waals surface area contributed by atoms with Crippen molar-refractivity contribution < 1.29 is 9.90 Å². The van der Waals surface area contributed by atoms with Gasteiger partial charge in [-0.1, -0.05) is 24.6 Å². The number of carboxylic acid groups (broad SMARTS) is 1. The lowest BCUT2D eigenvalue weighted by Crippen LogP contribution is -2.28. The van der Waals surface area contributed by atoms with E-state index in [0.29, 0.717) is 11.4 Å². The molecule has 1 aromatic rings. The zero-order chi connectivity index (χ0) is 11.4. The largest absolute Gasteiger partial charge is 0.480 e. The van der Waals surface area contributed by atoms with E-state index in [-0.39, 0.29) is 0 Å². The van der Waals surface area contributed by atoms with Crippen molar-refractivity contribution in [2.75, 3.05) is 5.32 Å². The smallest absolute Gasteiger partial charge is 0.326 e. The summed E-state index contributed by atoms with van der Waals surface area (Å²) < 4.78 is 0. The Morgan fingerprint density at radius 2 is 2.27 bits per heavy atom. The molecule has 2 N–H and O–H groups in total. The zero-order valence-corrected chi connectivity index (χ0v) is 9.51. The van der Waals surface area contributed by atoms with Gasteiger partial charge < -0.3 is 10.4 Å². The predicted octanol–water partition coefficient (Wildman–Crippen LogP) is 2.92. The highest BCUT2D eigenvalue weighted by atomic mass is 35.5. The molecule has 0 aliphatic rings. The summed E-state index contributed by atoms with van der Waals surface area (Å²) in [5.41, 5.74) is 1.76. The summed E-state index contributed by atoms with van der Waals surface area (Å²) in [5.74, 6) is -0.850. The number of halogens is 1. The zero-order valence-electron chi connectivity index (χ0n) is 8.75. The van der Waals surface area contributed by atoms with Crippen molar-refractivity contribution in [3.8, 4) is 0 Å². The normalized spacial score (nSPS) is 12.2. The second-order valence-electron chi connectivity index (χ2n) is 3.40. The van der Waals surface area contributed by atoms with Crippen LogP contribution in [0.2, 0.25) is 5.02 Å². The molecule has 1 rings (SSSR count). The van der Waals surface area contributed by atoms with Crippen LogP contribution >= 0.6 is 11.6 Å². The minimum absolute atomic E-state index is 0.529. The lowest BCUT2D eigenvalue weighted by Gasteiger charge is -2.15. The van der Waals surface area contributed by atoms with E-state index in [9.17, 15) is 4.79 Å². The molecule has 0 heterocycles. The van der Waals surface area contributed by atoms with Gasteiger partial charge in [0.15, 0.2) is 0 Å². The Bertz CT molecular complexity index is 366. The third-order valence-electron chi connectivity index (χ3n) is 2.24. The average molecular weight is 228 g/mol. The number of aryl methyl sites for hydroxylation is 1. The van der Waals surface area contributed by atoms with Crippen molar-refractivity contribution in [1.29, 1.82) is 0 Å². The second-order valence-corrected chi connectivity index (χ2v) is 3.84. The number of benzene rings is 1. The van der Waals surface area contributed by atoms with Gasteiger partial charge in [-0.2, -0.15) is 0 Å². The van der Waals surface area contributed by atoms with Crippen LogP contribution in [0.3, 0.4) is 0 Å². The van der Waals surface area contributed by atoms with Gasteiger partial charge in [0, 0.05) is 10.7 Å². The SMILES string of the molecule is CC[C@H](Nc1cc(Cl)ccc1C)C(=O)O. The van der Waals surface area contributed by atoms with Crippen molar-refractivity contribution in [2.24, 2.45) is 0 Å². The molecule has 0 fully saturated rings. The third kappa shape index (κ3) is 3.13. The van der Waals surface area contributed by atoms with Crippen LogP contribution in [-0.4, -0.2) is 17.1 Å². The van der Waals surface area contributed by atoms with Crippen LogP contribution in [0.4, 0.5) is 5.69 Å². The number of anilines is 1.